The van der Waals surface area contributed by atoms with Crippen LogP contribution in [-0.2, 0) is 16.3 Å². The molecule has 134 valence electrons. The summed E-state index contributed by atoms with van der Waals surface area (Å²) < 4.78 is 42.2. The minimum absolute atomic E-state index is 0.0245. The van der Waals surface area contributed by atoms with E-state index in [2.05, 4.69) is 5.32 Å². The fraction of sp³-hybridized carbons (Fsp3) is 0.200. The van der Waals surface area contributed by atoms with Crippen LogP contribution >= 0.6 is 0 Å². The molecular weight excluding hydrogens is 351 g/mol. The summed E-state index contributed by atoms with van der Waals surface area (Å²) in [6, 6.07) is 14.7. The van der Waals surface area contributed by atoms with Crippen molar-refractivity contribution in [1.82, 2.24) is 9.88 Å². The molecule has 1 aliphatic carbocycles. The minimum atomic E-state index is -3.86. The highest BCUT2D eigenvalue weighted by molar-refractivity contribution is 7.91. The normalized spacial score (nSPS) is 16.6. The highest BCUT2D eigenvalue weighted by Crippen LogP contribution is 2.40. The Hall–Kier alpha value is -2.44. The summed E-state index contributed by atoms with van der Waals surface area (Å²) in [6.07, 6.45) is 3.41. The van der Waals surface area contributed by atoms with Crippen LogP contribution in [0.4, 0.5) is 4.39 Å². The Bertz CT molecular complexity index is 1060. The van der Waals surface area contributed by atoms with Gasteiger partial charge in [0.25, 0.3) is 0 Å². The van der Waals surface area contributed by atoms with E-state index >= 15 is 0 Å². The van der Waals surface area contributed by atoms with Crippen molar-refractivity contribution >= 4 is 9.84 Å². The lowest BCUT2D eigenvalue weighted by Gasteiger charge is -2.13. The maximum absolute atomic E-state index is 13.7. The zero-order valence-corrected chi connectivity index (χ0v) is 15.1. The monoisotopic (exact) mass is 370 g/mol. The molecule has 1 N–H and O–H groups in total. The molecule has 3 aromatic rings. The number of hydrogen-bond donors (Lipinski definition) is 1. The molecule has 0 saturated heterocycles. The van der Waals surface area contributed by atoms with Crippen LogP contribution in [0, 0.1) is 5.82 Å². The molecule has 26 heavy (non-hydrogen) atoms. The highest BCUT2D eigenvalue weighted by atomic mass is 32.2. The van der Waals surface area contributed by atoms with E-state index in [-0.39, 0.29) is 16.0 Å². The second kappa shape index (κ2) is 6.37. The van der Waals surface area contributed by atoms with Crippen molar-refractivity contribution < 1.29 is 12.8 Å². The van der Waals surface area contributed by atoms with Crippen molar-refractivity contribution in [1.29, 1.82) is 0 Å². The molecule has 0 saturated carbocycles. The predicted molar refractivity (Wildman–Crippen MR) is 97.7 cm³/mol. The molecule has 0 spiro atoms. The van der Waals surface area contributed by atoms with Crippen LogP contribution in [-0.4, -0.2) is 20.0 Å². The van der Waals surface area contributed by atoms with Crippen LogP contribution in [0.1, 0.15) is 23.6 Å². The number of nitrogens with zero attached hydrogens (tertiary/aromatic N) is 1. The summed E-state index contributed by atoms with van der Waals surface area (Å²) in [4.78, 5) is -0.0245. The first-order chi connectivity index (χ1) is 12.5. The number of fused-ring (bicyclic) bond motifs is 1. The van der Waals surface area contributed by atoms with E-state index in [1.54, 1.807) is 4.57 Å². The number of aromatic nitrogens is 1. The van der Waals surface area contributed by atoms with Crippen LogP contribution in [0.3, 0.4) is 0 Å². The molecule has 1 atom stereocenters. The van der Waals surface area contributed by atoms with E-state index in [0.717, 1.165) is 29.3 Å². The van der Waals surface area contributed by atoms with E-state index in [1.807, 2.05) is 43.6 Å². The molecule has 0 aliphatic heterocycles. The Morgan fingerprint density at radius 2 is 1.88 bits per heavy atom. The van der Waals surface area contributed by atoms with Gasteiger partial charge < -0.3 is 9.88 Å². The van der Waals surface area contributed by atoms with Crippen molar-refractivity contribution in [3.8, 4) is 5.69 Å². The lowest BCUT2D eigenvalue weighted by Crippen LogP contribution is -2.13. The van der Waals surface area contributed by atoms with E-state index < -0.39 is 15.7 Å². The summed E-state index contributed by atoms with van der Waals surface area (Å²) in [5.41, 5.74) is 2.58. The Morgan fingerprint density at radius 1 is 1.12 bits per heavy atom. The van der Waals surface area contributed by atoms with Gasteiger partial charge in [-0.25, -0.2) is 12.8 Å². The van der Waals surface area contributed by atoms with Gasteiger partial charge in [-0.1, -0.05) is 24.3 Å². The smallest absolute Gasteiger partial charge is 0.222 e. The third kappa shape index (κ3) is 2.66. The zero-order valence-electron chi connectivity index (χ0n) is 14.3. The average Bonchev–Trinajstić information content (AvgIpc) is 3.21. The summed E-state index contributed by atoms with van der Waals surface area (Å²) in [6.45, 7) is 0. The lowest BCUT2D eigenvalue weighted by atomic mass is 10.2. The molecule has 1 aromatic heterocycles. The maximum atomic E-state index is 13.7. The number of para-hydroxylation sites is 1. The molecule has 2 aromatic carbocycles. The Labute approximate surface area is 152 Å². The summed E-state index contributed by atoms with van der Waals surface area (Å²) in [5, 5.41) is 3.48. The molecule has 0 radical (unpaired) electrons. The van der Waals surface area contributed by atoms with E-state index in [1.165, 1.54) is 18.2 Å². The third-order valence-corrected chi connectivity index (χ3v) is 6.72. The van der Waals surface area contributed by atoms with Gasteiger partial charge in [0, 0.05) is 17.9 Å². The SMILES string of the molecule is CNC1CCc2c1cn(-c1ccccc1)c2S(=O)(=O)c1cccc(F)c1. The Balaban J connectivity index is 1.98. The first-order valence-electron chi connectivity index (χ1n) is 8.50. The van der Waals surface area contributed by atoms with Gasteiger partial charge in [-0.3, -0.25) is 0 Å². The van der Waals surface area contributed by atoms with Crippen molar-refractivity contribution in [2.75, 3.05) is 7.05 Å². The molecule has 4 rings (SSSR count). The van der Waals surface area contributed by atoms with E-state index in [9.17, 15) is 12.8 Å². The third-order valence-electron chi connectivity index (χ3n) is 4.90. The number of sulfone groups is 1. The quantitative estimate of drug-likeness (QED) is 0.763. The van der Waals surface area contributed by atoms with Gasteiger partial charge in [-0.2, -0.15) is 0 Å². The number of nitrogens with one attached hydrogen (secondary N) is 1. The van der Waals surface area contributed by atoms with Gasteiger partial charge >= 0.3 is 0 Å². The molecule has 6 heteroatoms. The van der Waals surface area contributed by atoms with E-state index in [4.69, 9.17) is 0 Å². The van der Waals surface area contributed by atoms with Crippen LogP contribution in [0.15, 0.2) is 70.7 Å². The summed E-state index contributed by atoms with van der Waals surface area (Å²) >= 11 is 0. The second-order valence-corrected chi connectivity index (χ2v) is 8.28. The summed E-state index contributed by atoms with van der Waals surface area (Å²) in [7, 11) is -1.98. The number of benzene rings is 2. The first-order valence-corrected chi connectivity index (χ1v) is 9.98. The van der Waals surface area contributed by atoms with Crippen LogP contribution in [0.5, 0.6) is 0 Å². The molecule has 0 amide bonds. The van der Waals surface area contributed by atoms with Gasteiger partial charge in [0.05, 0.1) is 4.90 Å². The molecule has 1 unspecified atom stereocenters. The average molecular weight is 370 g/mol. The van der Waals surface area contributed by atoms with E-state index in [0.29, 0.717) is 6.42 Å². The van der Waals surface area contributed by atoms with Crippen LogP contribution < -0.4 is 5.32 Å². The van der Waals surface area contributed by atoms with Crippen molar-refractivity contribution in [2.45, 2.75) is 28.8 Å². The highest BCUT2D eigenvalue weighted by Gasteiger charge is 2.34. The van der Waals surface area contributed by atoms with Gasteiger partial charge in [-0.05, 0) is 61.3 Å². The molecular formula is C20H19FN2O2S. The van der Waals surface area contributed by atoms with Crippen molar-refractivity contribution in [3.63, 3.8) is 0 Å². The Kier molecular flexibility index (Phi) is 4.17. The maximum Gasteiger partial charge on any atom is 0.222 e. The lowest BCUT2D eigenvalue weighted by molar-refractivity contribution is 0.576. The second-order valence-electron chi connectivity index (χ2n) is 6.41. The fourth-order valence-electron chi connectivity index (χ4n) is 3.66. The van der Waals surface area contributed by atoms with Crippen molar-refractivity contribution in [3.05, 3.63) is 77.7 Å². The number of hydrogen-bond acceptors (Lipinski definition) is 3. The predicted octanol–water partition coefficient (Wildman–Crippen LogP) is 3.66. The number of rotatable bonds is 4. The van der Waals surface area contributed by atoms with Gasteiger partial charge in [0.15, 0.2) is 0 Å². The standard InChI is InChI=1S/C20H19FN2O2S/c1-22-19-11-10-17-18(19)13-23(15-7-3-2-4-8-15)20(17)26(24,25)16-9-5-6-14(21)12-16/h2-9,12-13,19,22H,10-11H2,1H3. The van der Waals surface area contributed by atoms with Crippen molar-refractivity contribution in [2.24, 2.45) is 0 Å². The summed E-state index contributed by atoms with van der Waals surface area (Å²) in [5.74, 6) is -0.561. The first kappa shape index (κ1) is 17.0. The number of halogens is 1. The molecule has 0 bridgehead atoms. The van der Waals surface area contributed by atoms with Gasteiger partial charge in [-0.15, -0.1) is 0 Å². The minimum Gasteiger partial charge on any atom is -0.313 e. The fourth-order valence-corrected chi connectivity index (χ4v) is 5.37. The molecule has 1 heterocycles. The largest absolute Gasteiger partial charge is 0.313 e. The molecule has 1 aliphatic rings. The molecule has 4 nitrogen and oxygen atoms in total. The van der Waals surface area contributed by atoms with Crippen LogP contribution in [0.25, 0.3) is 5.69 Å². The van der Waals surface area contributed by atoms with Crippen LogP contribution in [0.2, 0.25) is 0 Å². The van der Waals surface area contributed by atoms with Gasteiger partial charge in [0.2, 0.25) is 9.84 Å². The van der Waals surface area contributed by atoms with Gasteiger partial charge in [0.1, 0.15) is 10.8 Å². The zero-order chi connectivity index (χ0) is 18.3. The Morgan fingerprint density at radius 3 is 2.58 bits per heavy atom. The topological polar surface area (TPSA) is 51.1 Å². The molecule has 0 fully saturated rings.